The summed E-state index contributed by atoms with van der Waals surface area (Å²) in [6.45, 7) is 6.54. The number of benzene rings is 1. The molecule has 1 aromatic carbocycles. The second-order valence-corrected chi connectivity index (χ2v) is 7.37. The molecule has 0 fully saturated rings. The van der Waals surface area contributed by atoms with Crippen molar-refractivity contribution in [1.29, 1.82) is 0 Å². The molecule has 152 valence electrons. The van der Waals surface area contributed by atoms with Gasteiger partial charge in [0.2, 0.25) is 0 Å². The molecule has 0 saturated carbocycles. The summed E-state index contributed by atoms with van der Waals surface area (Å²) in [4.78, 5) is 23.8. The maximum Gasteiger partial charge on any atom is 0.338 e. The molecule has 0 aliphatic heterocycles. The van der Waals surface area contributed by atoms with Crippen molar-refractivity contribution in [3.8, 4) is 0 Å². The fraction of sp³-hybridized carbons (Fsp3) is 0.652. The molecule has 0 heterocycles. The number of ether oxygens (including phenoxy) is 1. The first kappa shape index (κ1) is 23.2. The Labute approximate surface area is 164 Å². The summed E-state index contributed by atoms with van der Waals surface area (Å²) in [6.07, 6.45) is 10.9. The average Bonchev–Trinajstić information content (AvgIpc) is 2.67. The van der Waals surface area contributed by atoms with Gasteiger partial charge >= 0.3 is 11.9 Å². The van der Waals surface area contributed by atoms with Crippen molar-refractivity contribution >= 4 is 11.9 Å². The number of carboxylic acids is 1. The molecule has 1 N–H and O–H groups in total. The van der Waals surface area contributed by atoms with Crippen LogP contribution in [0.15, 0.2) is 24.3 Å². The third kappa shape index (κ3) is 8.59. The summed E-state index contributed by atoms with van der Waals surface area (Å²) >= 11 is 0. The van der Waals surface area contributed by atoms with Crippen LogP contribution in [0.1, 0.15) is 106 Å². The highest BCUT2D eigenvalue weighted by atomic mass is 16.5. The molecule has 1 rings (SSSR count). The predicted molar refractivity (Wildman–Crippen MR) is 109 cm³/mol. The fourth-order valence-corrected chi connectivity index (χ4v) is 3.51. The topological polar surface area (TPSA) is 63.6 Å². The smallest absolute Gasteiger partial charge is 0.338 e. The maximum atomic E-state index is 12.7. The van der Waals surface area contributed by atoms with Crippen LogP contribution in [-0.4, -0.2) is 23.1 Å². The number of carboxylic acid groups (broad SMARTS) is 1. The molecular weight excluding hydrogens is 340 g/mol. The minimum Gasteiger partial charge on any atom is -0.478 e. The van der Waals surface area contributed by atoms with E-state index in [1.807, 2.05) is 0 Å². The lowest BCUT2D eigenvalue weighted by atomic mass is 9.88. The van der Waals surface area contributed by atoms with Crippen LogP contribution in [0.3, 0.4) is 0 Å². The van der Waals surface area contributed by atoms with E-state index in [4.69, 9.17) is 9.84 Å². The zero-order valence-corrected chi connectivity index (χ0v) is 17.2. The number of aromatic carboxylic acids is 1. The second kappa shape index (κ2) is 13.3. The van der Waals surface area contributed by atoms with Gasteiger partial charge in [-0.15, -0.1) is 0 Å². The Kier molecular flexibility index (Phi) is 11.5. The molecule has 0 aliphatic rings. The Bertz CT molecular complexity index is 567. The number of hydrogen-bond donors (Lipinski definition) is 1. The summed E-state index contributed by atoms with van der Waals surface area (Å²) in [6, 6.07) is 6.11. The van der Waals surface area contributed by atoms with Crippen LogP contribution in [0.2, 0.25) is 0 Å². The third-order valence-corrected chi connectivity index (χ3v) is 5.06. The third-order valence-electron chi connectivity index (χ3n) is 5.06. The van der Waals surface area contributed by atoms with Crippen molar-refractivity contribution in [3.63, 3.8) is 0 Å². The van der Waals surface area contributed by atoms with Crippen LogP contribution in [-0.2, 0) is 4.74 Å². The number of carbonyl (C=O) groups excluding carboxylic acids is 1. The molecule has 0 saturated heterocycles. The normalized spacial score (nSPS) is 13.1. The minimum absolute atomic E-state index is 0.0886. The zero-order chi connectivity index (χ0) is 20.1. The average molecular weight is 377 g/mol. The van der Waals surface area contributed by atoms with Crippen molar-refractivity contribution in [2.75, 3.05) is 0 Å². The van der Waals surface area contributed by atoms with Crippen molar-refractivity contribution in [2.24, 2.45) is 5.92 Å². The molecule has 4 nitrogen and oxygen atoms in total. The van der Waals surface area contributed by atoms with E-state index in [0.29, 0.717) is 11.5 Å². The lowest BCUT2D eigenvalue weighted by molar-refractivity contribution is 0.00680. The first-order chi connectivity index (χ1) is 13.0. The van der Waals surface area contributed by atoms with Crippen LogP contribution in [0.25, 0.3) is 0 Å². The van der Waals surface area contributed by atoms with Crippen LogP contribution >= 0.6 is 0 Å². The molecular formula is C23H36O4. The Balaban J connectivity index is 2.88. The van der Waals surface area contributed by atoms with Crippen LogP contribution in [0, 0.1) is 5.92 Å². The molecule has 0 radical (unpaired) electrons. The van der Waals surface area contributed by atoms with Gasteiger partial charge in [0.25, 0.3) is 0 Å². The maximum absolute atomic E-state index is 12.7. The van der Waals surface area contributed by atoms with Gasteiger partial charge in [-0.2, -0.15) is 0 Å². The molecule has 2 atom stereocenters. The van der Waals surface area contributed by atoms with Gasteiger partial charge in [0.15, 0.2) is 0 Å². The van der Waals surface area contributed by atoms with E-state index < -0.39 is 11.9 Å². The summed E-state index contributed by atoms with van der Waals surface area (Å²) in [7, 11) is 0. The fourth-order valence-electron chi connectivity index (χ4n) is 3.51. The van der Waals surface area contributed by atoms with Gasteiger partial charge in [-0.25, -0.2) is 9.59 Å². The van der Waals surface area contributed by atoms with Gasteiger partial charge in [-0.3, -0.25) is 0 Å². The molecule has 4 heteroatoms. The highest BCUT2D eigenvalue weighted by molar-refractivity contribution is 5.94. The standard InChI is InChI=1S/C23H36O4/c1-4-7-9-13-18(12-6-3)21(16-10-8-5-2)27-23(26)20-15-11-14-19(17-20)22(24)25/h11,14-15,17-18,21H,4-10,12-13,16H2,1-3H3,(H,24,25). The highest BCUT2D eigenvalue weighted by Crippen LogP contribution is 2.27. The SMILES string of the molecule is CCCCCC(CCC)C(CCCCC)OC(=O)c1cccc(C(=O)O)c1. The zero-order valence-electron chi connectivity index (χ0n) is 17.2. The lowest BCUT2D eigenvalue weighted by Gasteiger charge is -2.27. The largest absolute Gasteiger partial charge is 0.478 e. The van der Waals surface area contributed by atoms with Crippen molar-refractivity contribution in [1.82, 2.24) is 0 Å². The number of carbonyl (C=O) groups is 2. The molecule has 0 amide bonds. The molecule has 1 aromatic rings. The number of esters is 1. The van der Waals surface area contributed by atoms with Gasteiger partial charge in [0.1, 0.15) is 6.10 Å². The first-order valence-corrected chi connectivity index (χ1v) is 10.6. The van der Waals surface area contributed by atoms with Gasteiger partial charge in [-0.1, -0.05) is 65.4 Å². The summed E-state index contributed by atoms with van der Waals surface area (Å²) in [5, 5.41) is 9.14. The quantitative estimate of drug-likeness (QED) is 0.298. The number of unbranched alkanes of at least 4 members (excludes halogenated alkanes) is 4. The van der Waals surface area contributed by atoms with E-state index in [9.17, 15) is 9.59 Å². The van der Waals surface area contributed by atoms with Gasteiger partial charge in [-0.05, 0) is 49.8 Å². The number of rotatable bonds is 14. The van der Waals surface area contributed by atoms with Crippen LogP contribution in [0.5, 0.6) is 0 Å². The molecule has 0 aromatic heterocycles. The molecule has 2 unspecified atom stereocenters. The second-order valence-electron chi connectivity index (χ2n) is 7.37. The van der Waals surface area contributed by atoms with Crippen LogP contribution in [0.4, 0.5) is 0 Å². The van der Waals surface area contributed by atoms with Gasteiger partial charge < -0.3 is 9.84 Å². The molecule has 0 bridgehead atoms. The van der Waals surface area contributed by atoms with Crippen LogP contribution < -0.4 is 0 Å². The van der Waals surface area contributed by atoms with Crippen molar-refractivity contribution < 1.29 is 19.4 Å². The predicted octanol–water partition coefficient (Wildman–Crippen LogP) is 6.49. The number of hydrogen-bond acceptors (Lipinski definition) is 3. The monoisotopic (exact) mass is 376 g/mol. The summed E-state index contributed by atoms with van der Waals surface area (Å²) < 4.78 is 5.93. The Morgan fingerprint density at radius 1 is 0.889 bits per heavy atom. The highest BCUT2D eigenvalue weighted by Gasteiger charge is 2.25. The summed E-state index contributed by atoms with van der Waals surface area (Å²) in [5.74, 6) is -1.06. The van der Waals surface area contributed by atoms with Gasteiger partial charge in [0, 0.05) is 0 Å². The summed E-state index contributed by atoms with van der Waals surface area (Å²) in [5.41, 5.74) is 0.430. The van der Waals surface area contributed by atoms with E-state index in [1.54, 1.807) is 12.1 Å². The van der Waals surface area contributed by atoms with E-state index in [1.165, 1.54) is 25.0 Å². The van der Waals surface area contributed by atoms with E-state index in [-0.39, 0.29) is 11.7 Å². The minimum atomic E-state index is -1.03. The van der Waals surface area contributed by atoms with E-state index in [0.717, 1.165) is 51.4 Å². The molecule has 0 aliphatic carbocycles. The van der Waals surface area contributed by atoms with E-state index in [2.05, 4.69) is 20.8 Å². The molecule has 27 heavy (non-hydrogen) atoms. The molecule has 0 spiro atoms. The Morgan fingerprint density at radius 3 is 2.11 bits per heavy atom. The van der Waals surface area contributed by atoms with Gasteiger partial charge in [0.05, 0.1) is 11.1 Å². The first-order valence-electron chi connectivity index (χ1n) is 10.6. The Morgan fingerprint density at radius 2 is 1.52 bits per heavy atom. The van der Waals surface area contributed by atoms with Crippen molar-refractivity contribution in [2.45, 2.75) is 91.1 Å². The van der Waals surface area contributed by atoms with Crippen molar-refractivity contribution in [3.05, 3.63) is 35.4 Å². The Hall–Kier alpha value is -1.84. The van der Waals surface area contributed by atoms with E-state index >= 15 is 0 Å². The lowest BCUT2D eigenvalue weighted by Crippen LogP contribution is -2.27.